The number of ether oxygens (including phenoxy) is 1. The first-order chi connectivity index (χ1) is 6.40. The highest BCUT2D eigenvalue weighted by atomic mass is 16.5. The summed E-state index contributed by atoms with van der Waals surface area (Å²) in [5.41, 5.74) is 1.07. The van der Waals surface area contributed by atoms with Crippen molar-refractivity contribution in [3.8, 4) is 0 Å². The zero-order valence-electron chi connectivity index (χ0n) is 8.04. The van der Waals surface area contributed by atoms with Crippen molar-refractivity contribution in [2.75, 3.05) is 13.2 Å². The Hall–Kier alpha value is -0.340. The summed E-state index contributed by atoms with van der Waals surface area (Å²) in [5.74, 6) is 0.720. The van der Waals surface area contributed by atoms with Crippen LogP contribution in [0.4, 0.5) is 0 Å². The molecule has 1 aliphatic heterocycles. The molecule has 13 heavy (non-hydrogen) atoms. The molecule has 2 aliphatic rings. The third-order valence-electron chi connectivity index (χ3n) is 3.18. The van der Waals surface area contributed by atoms with Gasteiger partial charge in [0.2, 0.25) is 0 Å². The predicted molar refractivity (Wildman–Crippen MR) is 51.5 cm³/mol. The van der Waals surface area contributed by atoms with Gasteiger partial charge in [-0.1, -0.05) is 25.3 Å². The van der Waals surface area contributed by atoms with E-state index in [0.717, 1.165) is 11.5 Å². The maximum atomic E-state index is 8.93. The van der Waals surface area contributed by atoms with Crippen LogP contribution in [-0.2, 0) is 4.74 Å². The van der Waals surface area contributed by atoms with Crippen molar-refractivity contribution < 1.29 is 9.84 Å². The van der Waals surface area contributed by atoms with Crippen molar-refractivity contribution in [2.45, 2.75) is 38.2 Å². The average molecular weight is 182 g/mol. The number of rotatable bonds is 2. The van der Waals surface area contributed by atoms with E-state index in [9.17, 15) is 0 Å². The second-order valence-corrected chi connectivity index (χ2v) is 4.16. The predicted octanol–water partition coefficient (Wildman–Crippen LogP) is 1.88. The summed E-state index contributed by atoms with van der Waals surface area (Å²) in [6.07, 6.45) is 9.15. The lowest BCUT2D eigenvalue weighted by Crippen LogP contribution is -2.21. The van der Waals surface area contributed by atoms with Crippen molar-refractivity contribution in [1.82, 2.24) is 0 Å². The van der Waals surface area contributed by atoms with E-state index in [4.69, 9.17) is 9.84 Å². The van der Waals surface area contributed by atoms with Crippen molar-refractivity contribution in [2.24, 2.45) is 5.92 Å². The average Bonchev–Trinajstić information content (AvgIpc) is 2.67. The summed E-state index contributed by atoms with van der Waals surface area (Å²) in [4.78, 5) is 0. The van der Waals surface area contributed by atoms with Gasteiger partial charge in [0.25, 0.3) is 0 Å². The molecule has 2 nitrogen and oxygen atoms in total. The maximum absolute atomic E-state index is 8.93. The fourth-order valence-electron chi connectivity index (χ4n) is 2.37. The minimum atomic E-state index is 0.170. The van der Waals surface area contributed by atoms with Crippen LogP contribution >= 0.6 is 0 Å². The minimum Gasteiger partial charge on any atom is -0.392 e. The second-order valence-electron chi connectivity index (χ2n) is 4.16. The van der Waals surface area contributed by atoms with E-state index >= 15 is 0 Å². The Morgan fingerprint density at radius 1 is 1.31 bits per heavy atom. The number of aliphatic hydroxyl groups is 1. The monoisotopic (exact) mass is 182 g/mol. The second kappa shape index (κ2) is 4.25. The molecule has 1 saturated carbocycles. The van der Waals surface area contributed by atoms with Crippen LogP contribution in [0.3, 0.4) is 0 Å². The first kappa shape index (κ1) is 9.22. The van der Waals surface area contributed by atoms with Gasteiger partial charge in [0, 0.05) is 0 Å². The summed E-state index contributed by atoms with van der Waals surface area (Å²) < 4.78 is 5.64. The van der Waals surface area contributed by atoms with Gasteiger partial charge in [0.05, 0.1) is 19.3 Å². The number of hydrogen-bond acceptors (Lipinski definition) is 2. The van der Waals surface area contributed by atoms with Crippen LogP contribution in [0.25, 0.3) is 0 Å². The Morgan fingerprint density at radius 3 is 2.69 bits per heavy atom. The summed E-state index contributed by atoms with van der Waals surface area (Å²) >= 11 is 0. The lowest BCUT2D eigenvalue weighted by atomic mass is 9.85. The van der Waals surface area contributed by atoms with E-state index in [2.05, 4.69) is 6.08 Å². The summed E-state index contributed by atoms with van der Waals surface area (Å²) in [6, 6.07) is 0. The van der Waals surface area contributed by atoms with Crippen LogP contribution in [0.5, 0.6) is 0 Å². The number of hydrogen-bond donors (Lipinski definition) is 1. The summed E-state index contributed by atoms with van der Waals surface area (Å²) in [6.45, 7) is 0.820. The van der Waals surface area contributed by atoms with Gasteiger partial charge in [-0.25, -0.2) is 0 Å². The molecule has 0 amide bonds. The molecule has 1 aliphatic carbocycles. The highest BCUT2D eigenvalue weighted by molar-refractivity contribution is 5.12. The van der Waals surface area contributed by atoms with Gasteiger partial charge in [0.1, 0.15) is 0 Å². The smallest absolute Gasteiger partial charge is 0.0792 e. The summed E-state index contributed by atoms with van der Waals surface area (Å²) in [5, 5.41) is 8.93. The Balaban J connectivity index is 1.90. The van der Waals surface area contributed by atoms with Crippen molar-refractivity contribution >= 4 is 0 Å². The van der Waals surface area contributed by atoms with Gasteiger partial charge in [-0.2, -0.15) is 0 Å². The van der Waals surface area contributed by atoms with Gasteiger partial charge in [0.15, 0.2) is 0 Å². The highest BCUT2D eigenvalue weighted by Gasteiger charge is 2.26. The molecule has 2 rings (SSSR count). The van der Waals surface area contributed by atoms with Crippen molar-refractivity contribution in [1.29, 1.82) is 0 Å². The molecule has 0 saturated heterocycles. The molecule has 1 N–H and O–H groups in total. The molecule has 1 fully saturated rings. The van der Waals surface area contributed by atoms with E-state index in [1.807, 2.05) is 0 Å². The van der Waals surface area contributed by atoms with Crippen LogP contribution in [0, 0.1) is 5.92 Å². The molecule has 1 heterocycles. The van der Waals surface area contributed by atoms with Gasteiger partial charge >= 0.3 is 0 Å². The quantitative estimate of drug-likeness (QED) is 0.661. The van der Waals surface area contributed by atoms with E-state index in [1.165, 1.54) is 32.1 Å². The third-order valence-corrected chi connectivity index (χ3v) is 3.18. The largest absolute Gasteiger partial charge is 0.392 e. The molecule has 0 aromatic rings. The van der Waals surface area contributed by atoms with Gasteiger partial charge < -0.3 is 9.84 Å². The van der Waals surface area contributed by atoms with Crippen LogP contribution in [-0.4, -0.2) is 24.4 Å². The lowest BCUT2D eigenvalue weighted by molar-refractivity contribution is 0.0615. The molecule has 2 heteroatoms. The molecule has 1 atom stereocenters. The molecule has 0 aromatic carbocycles. The zero-order chi connectivity index (χ0) is 9.10. The molecule has 0 unspecified atom stereocenters. The Labute approximate surface area is 79.6 Å². The minimum absolute atomic E-state index is 0.170. The van der Waals surface area contributed by atoms with Crippen molar-refractivity contribution in [3.63, 3.8) is 0 Å². The first-order valence-corrected chi connectivity index (χ1v) is 5.32. The maximum Gasteiger partial charge on any atom is 0.0792 e. The van der Waals surface area contributed by atoms with Crippen LogP contribution in [0.15, 0.2) is 11.6 Å². The normalized spacial score (nSPS) is 30.5. The van der Waals surface area contributed by atoms with Crippen LogP contribution in [0.2, 0.25) is 0 Å². The van der Waals surface area contributed by atoms with Gasteiger partial charge in [-0.05, 0) is 24.3 Å². The Morgan fingerprint density at radius 2 is 2.08 bits per heavy atom. The summed E-state index contributed by atoms with van der Waals surface area (Å²) in [7, 11) is 0. The molecule has 0 aromatic heterocycles. The highest BCUT2D eigenvalue weighted by Crippen LogP contribution is 2.31. The molecular formula is C11H18O2. The van der Waals surface area contributed by atoms with E-state index in [0.29, 0.717) is 12.7 Å². The van der Waals surface area contributed by atoms with E-state index < -0.39 is 0 Å². The van der Waals surface area contributed by atoms with E-state index in [1.54, 1.807) is 0 Å². The van der Waals surface area contributed by atoms with Crippen LogP contribution in [0.1, 0.15) is 32.1 Å². The standard InChI is InChI=1S/C11H18O2/c12-7-9-6-11(13-8-9)10-4-2-1-3-5-10/h6,10-12H,1-5,7-8H2/t11-/m1/s1. The fraction of sp³-hybridized carbons (Fsp3) is 0.818. The molecule has 0 bridgehead atoms. The lowest BCUT2D eigenvalue weighted by Gasteiger charge is -2.25. The van der Waals surface area contributed by atoms with Gasteiger partial charge in [-0.3, -0.25) is 0 Å². The van der Waals surface area contributed by atoms with Crippen molar-refractivity contribution in [3.05, 3.63) is 11.6 Å². The van der Waals surface area contributed by atoms with Gasteiger partial charge in [-0.15, -0.1) is 0 Å². The Bertz CT molecular complexity index is 192. The van der Waals surface area contributed by atoms with Crippen LogP contribution < -0.4 is 0 Å². The zero-order valence-corrected chi connectivity index (χ0v) is 8.04. The first-order valence-electron chi connectivity index (χ1n) is 5.32. The topological polar surface area (TPSA) is 29.5 Å². The molecular weight excluding hydrogens is 164 g/mol. The third kappa shape index (κ3) is 2.12. The Kier molecular flexibility index (Phi) is 3.01. The fourth-order valence-corrected chi connectivity index (χ4v) is 2.37. The molecule has 0 spiro atoms. The molecule has 0 radical (unpaired) electrons. The van der Waals surface area contributed by atoms with E-state index in [-0.39, 0.29) is 6.61 Å². The number of aliphatic hydroxyl groups excluding tert-OH is 1. The molecule has 74 valence electrons. The SMILES string of the molecule is OCC1=C[C@H](C2CCCCC2)OC1.